The smallest absolute Gasteiger partial charge is 0.333 e. The number of imidazole rings is 1. The van der Waals surface area contributed by atoms with E-state index in [0.29, 0.717) is 31.6 Å². The van der Waals surface area contributed by atoms with Crippen LogP contribution in [-0.2, 0) is 13.0 Å². The number of nitrogens with zero attached hydrogens (tertiary/aromatic N) is 5. The topological polar surface area (TPSA) is 105 Å². The summed E-state index contributed by atoms with van der Waals surface area (Å²) >= 11 is 5.91. The SMILES string of the molecule is O=C(N[C@H]1CC[C@H](Cn2c(=O)n(-c3cnc4c(c3)CCN4CCO)c3ccccc32)CC1)c1cc(Cl)cnc1C(F)F. The van der Waals surface area contributed by atoms with Crippen molar-refractivity contribution in [1.82, 2.24) is 24.4 Å². The number of aliphatic hydroxyl groups excluding tert-OH is 1. The number of fused-ring (bicyclic) bond motifs is 2. The number of alkyl halides is 2. The van der Waals surface area contributed by atoms with Crippen molar-refractivity contribution in [3.05, 3.63) is 81.1 Å². The van der Waals surface area contributed by atoms with Gasteiger partial charge in [0.25, 0.3) is 12.3 Å². The molecule has 4 aromatic rings. The number of β-amino-alcohol motifs (C(OH)–C–C–N with tert-alkyl or cyclic N) is 1. The summed E-state index contributed by atoms with van der Waals surface area (Å²) in [5, 5.41) is 12.3. The van der Waals surface area contributed by atoms with E-state index >= 15 is 0 Å². The third kappa shape index (κ3) is 5.38. The first-order chi connectivity index (χ1) is 20.3. The summed E-state index contributed by atoms with van der Waals surface area (Å²) in [4.78, 5) is 37.0. The molecule has 2 aliphatic rings. The Balaban J connectivity index is 1.18. The lowest BCUT2D eigenvalue weighted by atomic mass is 9.85. The maximum atomic E-state index is 13.8. The van der Waals surface area contributed by atoms with E-state index in [2.05, 4.69) is 15.3 Å². The molecule has 42 heavy (non-hydrogen) atoms. The molecule has 0 unspecified atom stereocenters. The van der Waals surface area contributed by atoms with Gasteiger partial charge in [0.15, 0.2) is 0 Å². The van der Waals surface area contributed by atoms with Crippen molar-refractivity contribution < 1.29 is 18.7 Å². The molecule has 0 saturated heterocycles. The van der Waals surface area contributed by atoms with Gasteiger partial charge in [-0.15, -0.1) is 0 Å². The van der Waals surface area contributed by atoms with Crippen LogP contribution in [0.15, 0.2) is 53.6 Å². The van der Waals surface area contributed by atoms with Crippen LogP contribution in [-0.4, -0.2) is 55.9 Å². The zero-order valence-corrected chi connectivity index (χ0v) is 23.6. The predicted molar refractivity (Wildman–Crippen MR) is 156 cm³/mol. The molecule has 1 aliphatic heterocycles. The van der Waals surface area contributed by atoms with Gasteiger partial charge in [-0.3, -0.25) is 18.9 Å². The number of hydrogen-bond donors (Lipinski definition) is 2. The number of carbonyl (C=O) groups excluding carboxylic acids is 1. The molecule has 0 atom stereocenters. The molecule has 1 aliphatic carbocycles. The van der Waals surface area contributed by atoms with Crippen LogP contribution in [0.1, 0.15) is 53.7 Å². The van der Waals surface area contributed by atoms with E-state index in [1.807, 2.05) is 39.8 Å². The number of nitrogens with one attached hydrogen (secondary N) is 1. The first-order valence-corrected chi connectivity index (χ1v) is 14.5. The highest BCUT2D eigenvalue weighted by molar-refractivity contribution is 6.30. The number of anilines is 1. The summed E-state index contributed by atoms with van der Waals surface area (Å²) in [6.07, 6.45) is 3.63. The number of pyridine rings is 2. The molecule has 2 N–H and O–H groups in total. The number of hydrogen-bond acceptors (Lipinski definition) is 6. The normalized spacial score (nSPS) is 18.5. The van der Waals surface area contributed by atoms with Crippen molar-refractivity contribution in [2.24, 2.45) is 5.92 Å². The molecule has 0 bridgehead atoms. The molecule has 3 aromatic heterocycles. The lowest BCUT2D eigenvalue weighted by molar-refractivity contribution is 0.0904. The largest absolute Gasteiger partial charge is 0.395 e. The molecular weight excluding hydrogens is 566 g/mol. The zero-order chi connectivity index (χ0) is 29.4. The Morgan fingerprint density at radius 3 is 2.60 bits per heavy atom. The van der Waals surface area contributed by atoms with E-state index in [1.165, 1.54) is 6.07 Å². The van der Waals surface area contributed by atoms with Crippen molar-refractivity contribution in [2.45, 2.75) is 51.1 Å². The summed E-state index contributed by atoms with van der Waals surface area (Å²) in [7, 11) is 0. The monoisotopic (exact) mass is 596 g/mol. The minimum Gasteiger partial charge on any atom is -0.395 e. The van der Waals surface area contributed by atoms with Gasteiger partial charge >= 0.3 is 5.69 Å². The van der Waals surface area contributed by atoms with Crippen LogP contribution in [0.2, 0.25) is 5.02 Å². The Kier molecular flexibility index (Phi) is 7.96. The van der Waals surface area contributed by atoms with Gasteiger partial charge in [-0.05, 0) is 67.9 Å². The number of carbonyl (C=O) groups is 1. The Labute approximate surface area is 245 Å². The van der Waals surface area contributed by atoms with Gasteiger partial charge in [0.2, 0.25) is 0 Å². The molecule has 12 heteroatoms. The molecule has 9 nitrogen and oxygen atoms in total. The number of benzene rings is 1. The van der Waals surface area contributed by atoms with E-state index in [0.717, 1.165) is 54.4 Å². The second kappa shape index (κ2) is 11.8. The van der Waals surface area contributed by atoms with E-state index in [-0.39, 0.29) is 34.8 Å². The molecule has 6 rings (SSSR count). The summed E-state index contributed by atoms with van der Waals surface area (Å²) < 4.78 is 30.3. The van der Waals surface area contributed by atoms with Crippen molar-refractivity contribution >= 4 is 34.4 Å². The van der Waals surface area contributed by atoms with Crippen LogP contribution in [0.25, 0.3) is 16.7 Å². The molecule has 0 radical (unpaired) electrons. The van der Waals surface area contributed by atoms with Crippen LogP contribution in [0, 0.1) is 5.92 Å². The lowest BCUT2D eigenvalue weighted by Crippen LogP contribution is -2.39. The minimum absolute atomic E-state index is 0.0586. The molecule has 1 aromatic carbocycles. The Morgan fingerprint density at radius 2 is 1.86 bits per heavy atom. The standard InChI is InChI=1S/C30H31ClF2N6O3/c31-20-14-23(26(27(32)33)34-15-20)29(41)36-21-7-5-18(6-8-21)17-38-24-3-1-2-4-25(24)39(30(38)42)22-13-19-9-10-37(11-12-40)28(19)35-16-22/h1-4,13-16,18,21,27,40H,5-12,17H2,(H,36,41)/t18-,21-. The molecule has 220 valence electrons. The van der Waals surface area contributed by atoms with Crippen molar-refractivity contribution in [3.63, 3.8) is 0 Å². The predicted octanol–water partition coefficient (Wildman–Crippen LogP) is 4.52. The molecule has 1 saturated carbocycles. The van der Waals surface area contributed by atoms with Gasteiger partial charge in [0.05, 0.1) is 40.1 Å². The van der Waals surface area contributed by atoms with Crippen LogP contribution < -0.4 is 15.9 Å². The lowest BCUT2D eigenvalue weighted by Gasteiger charge is -2.29. The fraction of sp³-hybridized carbons (Fsp3) is 0.400. The Bertz CT molecular complexity index is 1680. The molecule has 1 amide bonds. The van der Waals surface area contributed by atoms with E-state index in [1.54, 1.807) is 10.8 Å². The molecule has 0 spiro atoms. The van der Waals surface area contributed by atoms with Gasteiger partial charge < -0.3 is 15.3 Å². The highest BCUT2D eigenvalue weighted by Gasteiger charge is 2.28. The van der Waals surface area contributed by atoms with Gasteiger partial charge in [-0.25, -0.2) is 18.6 Å². The number of rotatable bonds is 8. The van der Waals surface area contributed by atoms with Gasteiger partial charge in [0, 0.05) is 31.9 Å². The zero-order valence-electron chi connectivity index (χ0n) is 22.8. The number of aliphatic hydroxyl groups is 1. The molecule has 1 fully saturated rings. The summed E-state index contributed by atoms with van der Waals surface area (Å²) in [6, 6.07) is 10.8. The van der Waals surface area contributed by atoms with E-state index < -0.39 is 18.0 Å². The fourth-order valence-corrected chi connectivity index (χ4v) is 6.39. The Hall–Kier alpha value is -3.83. The number of amides is 1. The summed E-state index contributed by atoms with van der Waals surface area (Å²) in [5.74, 6) is 0.459. The van der Waals surface area contributed by atoms with Crippen molar-refractivity contribution in [1.29, 1.82) is 0 Å². The van der Waals surface area contributed by atoms with E-state index in [4.69, 9.17) is 11.6 Å². The first kappa shape index (κ1) is 28.3. The van der Waals surface area contributed by atoms with Crippen LogP contribution in [0.5, 0.6) is 0 Å². The average Bonchev–Trinajstić information content (AvgIpc) is 3.51. The van der Waals surface area contributed by atoms with Crippen molar-refractivity contribution in [3.8, 4) is 5.69 Å². The molecule has 4 heterocycles. The maximum Gasteiger partial charge on any atom is 0.333 e. The fourth-order valence-electron chi connectivity index (χ4n) is 6.23. The second-order valence-electron chi connectivity index (χ2n) is 10.9. The van der Waals surface area contributed by atoms with E-state index in [9.17, 15) is 23.5 Å². The van der Waals surface area contributed by atoms with Crippen LogP contribution in [0.4, 0.5) is 14.6 Å². The quantitative estimate of drug-likeness (QED) is 0.310. The third-order valence-electron chi connectivity index (χ3n) is 8.30. The highest BCUT2D eigenvalue weighted by Crippen LogP contribution is 2.30. The van der Waals surface area contributed by atoms with Gasteiger partial charge in [-0.2, -0.15) is 0 Å². The number of aromatic nitrogens is 4. The molecular formula is C30H31ClF2N6O3. The summed E-state index contributed by atoms with van der Waals surface area (Å²) in [6.45, 7) is 1.90. The number of para-hydroxylation sites is 2. The average molecular weight is 597 g/mol. The minimum atomic E-state index is -2.88. The third-order valence-corrected chi connectivity index (χ3v) is 8.51. The second-order valence-corrected chi connectivity index (χ2v) is 11.4. The summed E-state index contributed by atoms with van der Waals surface area (Å²) in [5.41, 5.74) is 2.49. The Morgan fingerprint density at radius 1 is 1.10 bits per heavy atom. The van der Waals surface area contributed by atoms with Crippen LogP contribution in [0.3, 0.4) is 0 Å². The number of halogens is 3. The highest BCUT2D eigenvalue weighted by atomic mass is 35.5. The van der Waals surface area contributed by atoms with Crippen molar-refractivity contribution in [2.75, 3.05) is 24.6 Å². The first-order valence-electron chi connectivity index (χ1n) is 14.1. The maximum absolute atomic E-state index is 13.8. The van der Waals surface area contributed by atoms with Gasteiger partial charge in [-0.1, -0.05) is 23.7 Å². The van der Waals surface area contributed by atoms with Gasteiger partial charge in [0.1, 0.15) is 11.5 Å². The van der Waals surface area contributed by atoms with Crippen LogP contribution >= 0.6 is 11.6 Å².